The number of rotatable bonds is 10. The van der Waals surface area contributed by atoms with Gasteiger partial charge in [0.1, 0.15) is 5.82 Å². The van der Waals surface area contributed by atoms with E-state index in [0.717, 1.165) is 72.8 Å². The average Bonchev–Trinajstić information content (AvgIpc) is 3.32. The molecule has 5 rings (SSSR count). The monoisotopic (exact) mass is 505 g/mol. The molecule has 1 aromatic carbocycles. The van der Waals surface area contributed by atoms with E-state index in [1.807, 2.05) is 52.9 Å². The standard InChI is InChI=1S/C26H31N7O2S/c34-24(22-8-4-15-36-22)28-12-5-11-27-23-21(18-9-10-18)17-29-25(32-23)30-19-6-3-7-20(16-19)31-26(35)33-13-1-2-14-33/h3-4,6-8,15-18H,1-2,5,9-14H2,(H,28,34)(H,31,35)(H2,27,29,30,32). The number of carbonyl (C=O) groups is 2. The zero-order chi connectivity index (χ0) is 24.7. The molecule has 2 aliphatic rings. The van der Waals surface area contributed by atoms with E-state index in [0.29, 0.717) is 25.0 Å². The quantitative estimate of drug-likeness (QED) is 0.288. The summed E-state index contributed by atoms with van der Waals surface area (Å²) in [5, 5.41) is 14.5. The van der Waals surface area contributed by atoms with Crippen LogP contribution in [0.15, 0.2) is 48.0 Å². The highest BCUT2D eigenvalue weighted by atomic mass is 32.1. The average molecular weight is 506 g/mol. The Labute approximate surface area is 214 Å². The van der Waals surface area contributed by atoms with Crippen molar-refractivity contribution in [2.24, 2.45) is 0 Å². The number of amides is 3. The van der Waals surface area contributed by atoms with Crippen LogP contribution < -0.4 is 21.3 Å². The number of likely N-dealkylation sites (tertiary alicyclic amines) is 1. The smallest absolute Gasteiger partial charge is 0.321 e. The molecule has 1 aliphatic heterocycles. The van der Waals surface area contributed by atoms with Crippen molar-refractivity contribution in [2.45, 2.75) is 38.0 Å². The summed E-state index contributed by atoms with van der Waals surface area (Å²) in [6.07, 6.45) is 7.10. The first-order chi connectivity index (χ1) is 17.7. The summed E-state index contributed by atoms with van der Waals surface area (Å²) in [7, 11) is 0. The van der Waals surface area contributed by atoms with E-state index in [1.54, 1.807) is 0 Å². The highest BCUT2D eigenvalue weighted by molar-refractivity contribution is 7.12. The van der Waals surface area contributed by atoms with Crippen molar-refractivity contribution in [3.63, 3.8) is 0 Å². The molecule has 1 saturated carbocycles. The highest BCUT2D eigenvalue weighted by Crippen LogP contribution is 2.42. The predicted molar refractivity (Wildman–Crippen MR) is 143 cm³/mol. The number of hydrogen-bond acceptors (Lipinski definition) is 7. The molecular formula is C26H31N7O2S. The summed E-state index contributed by atoms with van der Waals surface area (Å²) < 4.78 is 0. The number of thiophene rings is 1. The molecule has 36 heavy (non-hydrogen) atoms. The molecule has 3 heterocycles. The number of aromatic nitrogens is 2. The summed E-state index contributed by atoms with van der Waals surface area (Å²) in [5.74, 6) is 1.80. The van der Waals surface area contributed by atoms with E-state index in [2.05, 4.69) is 26.3 Å². The molecular weight excluding hydrogens is 474 g/mol. The summed E-state index contributed by atoms with van der Waals surface area (Å²) >= 11 is 1.44. The van der Waals surface area contributed by atoms with Gasteiger partial charge in [-0.05, 0) is 67.7 Å². The van der Waals surface area contributed by atoms with Crippen molar-refractivity contribution in [2.75, 3.05) is 42.1 Å². The lowest BCUT2D eigenvalue weighted by molar-refractivity contribution is 0.0957. The number of nitrogens with zero attached hydrogens (tertiary/aromatic N) is 3. The number of benzene rings is 1. The molecule has 9 nitrogen and oxygen atoms in total. The van der Waals surface area contributed by atoms with Gasteiger partial charge < -0.3 is 26.2 Å². The Bertz CT molecular complexity index is 1190. The van der Waals surface area contributed by atoms with E-state index in [1.165, 1.54) is 11.3 Å². The van der Waals surface area contributed by atoms with Crippen molar-refractivity contribution in [1.82, 2.24) is 20.2 Å². The summed E-state index contributed by atoms with van der Waals surface area (Å²) in [6.45, 7) is 2.90. The molecule has 3 amide bonds. The van der Waals surface area contributed by atoms with Crippen LogP contribution in [-0.4, -0.2) is 53.0 Å². The van der Waals surface area contributed by atoms with E-state index >= 15 is 0 Å². The Morgan fingerprint density at radius 2 is 1.89 bits per heavy atom. The van der Waals surface area contributed by atoms with Gasteiger partial charge in [-0.3, -0.25) is 4.79 Å². The van der Waals surface area contributed by atoms with Gasteiger partial charge in [0.05, 0.1) is 4.88 Å². The second-order valence-corrected chi connectivity index (χ2v) is 10.1. The van der Waals surface area contributed by atoms with Gasteiger partial charge in [0.2, 0.25) is 5.95 Å². The third-order valence-electron chi connectivity index (χ3n) is 6.27. The molecule has 0 atom stereocenters. The Kier molecular flexibility index (Phi) is 7.61. The van der Waals surface area contributed by atoms with Crippen molar-refractivity contribution in [3.8, 4) is 0 Å². The van der Waals surface area contributed by atoms with Crippen LogP contribution in [0.1, 0.15) is 53.3 Å². The first-order valence-corrected chi connectivity index (χ1v) is 13.4. The van der Waals surface area contributed by atoms with Crippen LogP contribution >= 0.6 is 11.3 Å². The third-order valence-corrected chi connectivity index (χ3v) is 7.14. The lowest BCUT2D eigenvalue weighted by atomic mass is 10.2. The van der Waals surface area contributed by atoms with Crippen molar-refractivity contribution in [3.05, 3.63) is 58.4 Å². The number of carbonyl (C=O) groups excluding carboxylic acids is 2. The molecule has 4 N–H and O–H groups in total. The number of urea groups is 1. The Morgan fingerprint density at radius 1 is 1.06 bits per heavy atom. The normalized spacial score (nSPS) is 14.9. The molecule has 0 radical (unpaired) electrons. The number of anilines is 4. The zero-order valence-electron chi connectivity index (χ0n) is 20.1. The molecule has 0 unspecified atom stereocenters. The second kappa shape index (κ2) is 11.4. The van der Waals surface area contributed by atoms with Crippen LogP contribution in [0.3, 0.4) is 0 Å². The molecule has 188 valence electrons. The van der Waals surface area contributed by atoms with Gasteiger partial charge in [-0.1, -0.05) is 12.1 Å². The van der Waals surface area contributed by atoms with Crippen molar-refractivity contribution < 1.29 is 9.59 Å². The second-order valence-electron chi connectivity index (χ2n) is 9.12. The molecule has 2 fully saturated rings. The van der Waals surface area contributed by atoms with Gasteiger partial charge in [-0.15, -0.1) is 11.3 Å². The van der Waals surface area contributed by atoms with Crippen LogP contribution in [-0.2, 0) is 0 Å². The topological polar surface area (TPSA) is 111 Å². The Hall–Kier alpha value is -3.66. The molecule has 0 bridgehead atoms. The minimum atomic E-state index is -0.0623. The van der Waals surface area contributed by atoms with Crippen LogP contribution in [0.2, 0.25) is 0 Å². The lowest BCUT2D eigenvalue weighted by Gasteiger charge is -2.17. The van der Waals surface area contributed by atoms with Crippen LogP contribution in [0.4, 0.5) is 27.9 Å². The maximum absolute atomic E-state index is 12.4. The fraction of sp³-hybridized carbons (Fsp3) is 0.385. The minimum absolute atomic E-state index is 0.0314. The SMILES string of the molecule is O=C(NCCCNc1nc(Nc2cccc(NC(=O)N3CCCC3)c2)ncc1C1CC1)c1cccs1. The summed E-state index contributed by atoms with van der Waals surface area (Å²) in [6, 6.07) is 11.2. The maximum Gasteiger partial charge on any atom is 0.321 e. The minimum Gasteiger partial charge on any atom is -0.370 e. The van der Waals surface area contributed by atoms with Crippen LogP contribution in [0.25, 0.3) is 0 Å². The number of nitrogens with one attached hydrogen (secondary N) is 4. The van der Waals surface area contributed by atoms with Gasteiger partial charge in [-0.25, -0.2) is 9.78 Å². The molecule has 0 spiro atoms. The lowest BCUT2D eigenvalue weighted by Crippen LogP contribution is -2.32. The zero-order valence-corrected chi connectivity index (χ0v) is 20.9. The van der Waals surface area contributed by atoms with Crippen LogP contribution in [0, 0.1) is 0 Å². The predicted octanol–water partition coefficient (Wildman–Crippen LogP) is 5.02. The van der Waals surface area contributed by atoms with Gasteiger partial charge in [-0.2, -0.15) is 4.98 Å². The molecule has 3 aromatic rings. The van der Waals surface area contributed by atoms with Gasteiger partial charge in [0.15, 0.2) is 0 Å². The first kappa shape index (κ1) is 24.1. The first-order valence-electron chi connectivity index (χ1n) is 12.5. The summed E-state index contributed by atoms with van der Waals surface area (Å²) in [4.78, 5) is 36.3. The van der Waals surface area contributed by atoms with Crippen molar-refractivity contribution >= 4 is 46.4 Å². The fourth-order valence-corrected chi connectivity index (χ4v) is 4.84. The highest BCUT2D eigenvalue weighted by Gasteiger charge is 2.27. The van der Waals surface area contributed by atoms with Gasteiger partial charge in [0.25, 0.3) is 5.91 Å². The molecule has 1 saturated heterocycles. The van der Waals surface area contributed by atoms with E-state index < -0.39 is 0 Å². The molecule has 1 aliphatic carbocycles. The summed E-state index contributed by atoms with van der Waals surface area (Å²) in [5.41, 5.74) is 2.67. The largest absolute Gasteiger partial charge is 0.370 e. The van der Waals surface area contributed by atoms with E-state index in [4.69, 9.17) is 4.98 Å². The molecule has 10 heteroatoms. The Balaban J connectivity index is 1.17. The van der Waals surface area contributed by atoms with Gasteiger partial charge >= 0.3 is 6.03 Å². The van der Waals surface area contributed by atoms with Crippen molar-refractivity contribution in [1.29, 1.82) is 0 Å². The van der Waals surface area contributed by atoms with E-state index in [9.17, 15) is 9.59 Å². The molecule has 2 aromatic heterocycles. The Morgan fingerprint density at radius 3 is 2.67 bits per heavy atom. The van der Waals surface area contributed by atoms with Crippen LogP contribution in [0.5, 0.6) is 0 Å². The number of hydrogen-bond donors (Lipinski definition) is 4. The third kappa shape index (κ3) is 6.31. The maximum atomic E-state index is 12.4. The fourth-order valence-electron chi connectivity index (χ4n) is 4.20. The van der Waals surface area contributed by atoms with Gasteiger partial charge in [0, 0.05) is 49.3 Å². The van der Waals surface area contributed by atoms with E-state index in [-0.39, 0.29) is 11.9 Å².